The van der Waals surface area contributed by atoms with Crippen LogP contribution in [0.1, 0.15) is 11.1 Å². The van der Waals surface area contributed by atoms with E-state index in [0.29, 0.717) is 18.1 Å². The normalized spacial score (nSPS) is 9.56. The van der Waals surface area contributed by atoms with Gasteiger partial charge in [-0.25, -0.2) is 0 Å². The summed E-state index contributed by atoms with van der Waals surface area (Å²) in [5, 5.41) is 0. The van der Waals surface area contributed by atoms with Crippen molar-refractivity contribution in [3.63, 3.8) is 0 Å². The molecule has 0 radical (unpaired) electrons. The lowest BCUT2D eigenvalue weighted by atomic mass is 10.2. The average Bonchev–Trinajstić information content (AvgIpc) is 2.46. The number of rotatable bonds is 4. The molecule has 0 spiro atoms. The first-order valence-electron chi connectivity index (χ1n) is 5.65. The number of ether oxygens (including phenoxy) is 2. The summed E-state index contributed by atoms with van der Waals surface area (Å²) in [5.41, 5.74) is 1.89. The Bertz CT molecular complexity index is 553. The zero-order valence-electron chi connectivity index (χ0n) is 10.2. The van der Waals surface area contributed by atoms with Crippen molar-refractivity contribution in [3.8, 4) is 23.8 Å². The maximum atomic E-state index is 5.72. The van der Waals surface area contributed by atoms with Gasteiger partial charge in [0.15, 0.2) is 11.5 Å². The first-order valence-corrected chi connectivity index (χ1v) is 5.65. The van der Waals surface area contributed by atoms with Crippen molar-refractivity contribution in [1.82, 2.24) is 0 Å². The molecule has 0 bridgehead atoms. The predicted octanol–water partition coefficient (Wildman–Crippen LogP) is 3.26. The van der Waals surface area contributed by atoms with E-state index >= 15 is 0 Å². The third-order valence-electron chi connectivity index (χ3n) is 2.57. The fourth-order valence-corrected chi connectivity index (χ4v) is 1.61. The van der Waals surface area contributed by atoms with E-state index in [9.17, 15) is 0 Å². The second-order valence-electron chi connectivity index (χ2n) is 3.78. The van der Waals surface area contributed by atoms with Gasteiger partial charge in [-0.1, -0.05) is 36.3 Å². The minimum absolute atomic E-state index is 0.507. The number of benzene rings is 2. The van der Waals surface area contributed by atoms with Gasteiger partial charge in [0.2, 0.25) is 0 Å². The van der Waals surface area contributed by atoms with Gasteiger partial charge in [-0.05, 0) is 23.8 Å². The smallest absolute Gasteiger partial charge is 0.161 e. The van der Waals surface area contributed by atoms with Crippen molar-refractivity contribution < 1.29 is 9.47 Å². The van der Waals surface area contributed by atoms with Gasteiger partial charge in [0.25, 0.3) is 0 Å². The van der Waals surface area contributed by atoms with Gasteiger partial charge in [0.05, 0.1) is 7.11 Å². The number of hydrogen-bond acceptors (Lipinski definition) is 2. The molecule has 0 amide bonds. The largest absolute Gasteiger partial charge is 0.493 e. The molecule has 2 rings (SSSR count). The number of methoxy groups -OCH3 is 1. The summed E-state index contributed by atoms with van der Waals surface area (Å²) in [4.78, 5) is 0. The molecule has 0 aromatic heterocycles. The van der Waals surface area contributed by atoms with Crippen LogP contribution >= 0.6 is 0 Å². The highest BCUT2D eigenvalue weighted by Gasteiger charge is 2.05. The first-order chi connectivity index (χ1) is 8.83. The van der Waals surface area contributed by atoms with Crippen molar-refractivity contribution in [2.24, 2.45) is 0 Å². The molecule has 2 heteroatoms. The van der Waals surface area contributed by atoms with Crippen molar-refractivity contribution >= 4 is 0 Å². The molecule has 90 valence electrons. The lowest BCUT2D eigenvalue weighted by molar-refractivity contribution is 0.284. The molecule has 0 N–H and O–H groups in total. The standard InChI is InChI=1S/C16H14O2/c1-3-13-9-10-15(16(11-13)17-2)18-12-14-7-5-4-6-8-14/h1,4-11H,12H2,2H3. The van der Waals surface area contributed by atoms with E-state index in [0.717, 1.165) is 11.1 Å². The molecule has 0 atom stereocenters. The van der Waals surface area contributed by atoms with Gasteiger partial charge in [-0.15, -0.1) is 6.42 Å². The van der Waals surface area contributed by atoms with Crippen molar-refractivity contribution in [2.75, 3.05) is 7.11 Å². The Morgan fingerprint density at radius 3 is 2.50 bits per heavy atom. The van der Waals surface area contributed by atoms with E-state index in [-0.39, 0.29) is 0 Å². The van der Waals surface area contributed by atoms with Crippen LogP contribution in [-0.4, -0.2) is 7.11 Å². The first kappa shape index (κ1) is 12.1. The van der Waals surface area contributed by atoms with Gasteiger partial charge in [-0.3, -0.25) is 0 Å². The van der Waals surface area contributed by atoms with Crippen LogP contribution in [0.5, 0.6) is 11.5 Å². The van der Waals surface area contributed by atoms with E-state index in [2.05, 4.69) is 5.92 Å². The highest BCUT2D eigenvalue weighted by molar-refractivity contribution is 5.47. The Labute approximate surface area is 107 Å². The average molecular weight is 238 g/mol. The maximum absolute atomic E-state index is 5.72. The van der Waals surface area contributed by atoms with Crippen LogP contribution in [-0.2, 0) is 6.61 Å². The summed E-state index contributed by atoms with van der Waals surface area (Å²) in [6.45, 7) is 0.507. The van der Waals surface area contributed by atoms with E-state index < -0.39 is 0 Å². The van der Waals surface area contributed by atoms with Crippen molar-refractivity contribution in [3.05, 3.63) is 59.7 Å². The molecule has 0 saturated carbocycles. The summed E-state index contributed by atoms with van der Waals surface area (Å²) in [7, 11) is 1.60. The summed E-state index contributed by atoms with van der Waals surface area (Å²) >= 11 is 0. The molecule has 2 nitrogen and oxygen atoms in total. The fraction of sp³-hybridized carbons (Fsp3) is 0.125. The minimum atomic E-state index is 0.507. The highest BCUT2D eigenvalue weighted by Crippen LogP contribution is 2.28. The molecule has 18 heavy (non-hydrogen) atoms. The minimum Gasteiger partial charge on any atom is -0.493 e. The van der Waals surface area contributed by atoms with Crippen molar-refractivity contribution in [1.29, 1.82) is 0 Å². The Hall–Kier alpha value is -2.40. The molecule has 2 aromatic carbocycles. The summed E-state index contributed by atoms with van der Waals surface area (Å²) in [6.07, 6.45) is 5.34. The molecular weight excluding hydrogens is 224 g/mol. The van der Waals surface area contributed by atoms with Crippen LogP contribution in [0.2, 0.25) is 0 Å². The third-order valence-corrected chi connectivity index (χ3v) is 2.57. The fourth-order valence-electron chi connectivity index (χ4n) is 1.61. The van der Waals surface area contributed by atoms with E-state index in [1.165, 1.54) is 0 Å². The summed E-state index contributed by atoms with van der Waals surface area (Å²) in [6, 6.07) is 15.4. The maximum Gasteiger partial charge on any atom is 0.161 e. The Morgan fingerprint density at radius 2 is 1.83 bits per heavy atom. The van der Waals surface area contributed by atoms with E-state index in [4.69, 9.17) is 15.9 Å². The Balaban J connectivity index is 2.12. The lowest BCUT2D eigenvalue weighted by Crippen LogP contribution is -1.97. The zero-order chi connectivity index (χ0) is 12.8. The Kier molecular flexibility index (Phi) is 3.88. The molecule has 0 aliphatic heterocycles. The second-order valence-corrected chi connectivity index (χ2v) is 3.78. The third kappa shape index (κ3) is 2.83. The van der Waals surface area contributed by atoms with Gasteiger partial charge in [0.1, 0.15) is 6.61 Å². The quantitative estimate of drug-likeness (QED) is 0.761. The number of terminal acetylenes is 1. The Morgan fingerprint density at radius 1 is 1.06 bits per heavy atom. The van der Waals surface area contributed by atoms with Gasteiger partial charge >= 0.3 is 0 Å². The van der Waals surface area contributed by atoms with Crippen molar-refractivity contribution in [2.45, 2.75) is 6.61 Å². The molecule has 0 unspecified atom stereocenters. The molecule has 0 saturated heterocycles. The second kappa shape index (κ2) is 5.79. The monoisotopic (exact) mass is 238 g/mol. The van der Waals surface area contributed by atoms with Gasteiger partial charge in [0, 0.05) is 5.56 Å². The predicted molar refractivity (Wildman–Crippen MR) is 71.7 cm³/mol. The molecular formula is C16H14O2. The zero-order valence-corrected chi connectivity index (χ0v) is 10.2. The molecule has 2 aromatic rings. The van der Waals surface area contributed by atoms with Crippen LogP contribution in [0.15, 0.2) is 48.5 Å². The van der Waals surface area contributed by atoms with Crippen LogP contribution in [0.25, 0.3) is 0 Å². The van der Waals surface area contributed by atoms with Crippen LogP contribution in [0, 0.1) is 12.3 Å². The van der Waals surface area contributed by atoms with Gasteiger partial charge in [-0.2, -0.15) is 0 Å². The van der Waals surface area contributed by atoms with E-state index in [1.54, 1.807) is 13.2 Å². The molecule has 0 fully saturated rings. The van der Waals surface area contributed by atoms with E-state index in [1.807, 2.05) is 42.5 Å². The lowest BCUT2D eigenvalue weighted by Gasteiger charge is -2.11. The van der Waals surface area contributed by atoms with Crippen LogP contribution < -0.4 is 9.47 Å². The molecule has 0 aliphatic rings. The van der Waals surface area contributed by atoms with Gasteiger partial charge < -0.3 is 9.47 Å². The highest BCUT2D eigenvalue weighted by atomic mass is 16.5. The van der Waals surface area contributed by atoms with Crippen LogP contribution in [0.3, 0.4) is 0 Å². The SMILES string of the molecule is C#Cc1ccc(OCc2ccccc2)c(OC)c1. The molecule has 0 aliphatic carbocycles. The number of hydrogen-bond donors (Lipinski definition) is 0. The topological polar surface area (TPSA) is 18.5 Å². The van der Waals surface area contributed by atoms with Crippen LogP contribution in [0.4, 0.5) is 0 Å². The summed E-state index contributed by atoms with van der Waals surface area (Å²) < 4.78 is 11.0. The molecule has 0 heterocycles. The summed E-state index contributed by atoms with van der Waals surface area (Å²) in [5.74, 6) is 3.92.